The molecule has 0 aliphatic carbocycles. The summed E-state index contributed by atoms with van der Waals surface area (Å²) >= 11 is 0. The van der Waals surface area contributed by atoms with Gasteiger partial charge in [-0.2, -0.15) is 5.10 Å². The molecule has 6 heteroatoms. The lowest BCUT2D eigenvalue weighted by Gasteiger charge is -2.32. The van der Waals surface area contributed by atoms with E-state index in [1.165, 1.54) is 0 Å². The fourth-order valence-corrected chi connectivity index (χ4v) is 3.16. The Kier molecular flexibility index (Phi) is 4.69. The zero-order chi connectivity index (χ0) is 16.2. The molecule has 1 saturated heterocycles. The van der Waals surface area contributed by atoms with Gasteiger partial charge in [-0.25, -0.2) is 0 Å². The number of aromatic nitrogens is 4. The third-order valence-electron chi connectivity index (χ3n) is 4.48. The Morgan fingerprint density at radius 1 is 1.39 bits per heavy atom. The van der Waals surface area contributed by atoms with Crippen molar-refractivity contribution in [2.75, 3.05) is 13.1 Å². The van der Waals surface area contributed by atoms with Gasteiger partial charge in [0.25, 0.3) is 0 Å². The number of likely N-dealkylation sites (tertiary alicyclic amines) is 1. The summed E-state index contributed by atoms with van der Waals surface area (Å²) in [4.78, 5) is 23.3. The predicted molar refractivity (Wildman–Crippen MR) is 86.9 cm³/mol. The van der Waals surface area contributed by atoms with E-state index in [0.29, 0.717) is 12.3 Å². The van der Waals surface area contributed by atoms with Crippen LogP contribution in [0, 0.1) is 6.92 Å². The van der Waals surface area contributed by atoms with Crippen LogP contribution in [0.5, 0.6) is 0 Å². The molecule has 3 rings (SSSR count). The average molecular weight is 313 g/mol. The fraction of sp³-hybridized carbons (Fsp3) is 0.529. The lowest BCUT2D eigenvalue weighted by atomic mass is 9.94. The average Bonchev–Trinajstić information content (AvgIpc) is 2.98. The number of carbonyl (C=O) groups is 1. The molecule has 0 saturated carbocycles. The van der Waals surface area contributed by atoms with Crippen LogP contribution in [0.3, 0.4) is 0 Å². The highest BCUT2D eigenvalue weighted by Gasteiger charge is 2.25. The van der Waals surface area contributed by atoms with Gasteiger partial charge < -0.3 is 4.90 Å². The number of carbonyl (C=O) groups excluding carboxylic acids is 1. The van der Waals surface area contributed by atoms with Gasteiger partial charge in [0.05, 0.1) is 11.4 Å². The normalized spacial score (nSPS) is 18.2. The summed E-state index contributed by atoms with van der Waals surface area (Å²) in [5.74, 6) is 0.522. The smallest absolute Gasteiger partial charge is 0.222 e. The number of aryl methyl sites for hydroxylation is 3. The molecule has 1 fully saturated rings. The third-order valence-corrected chi connectivity index (χ3v) is 4.48. The molecule has 0 aromatic carbocycles. The minimum atomic E-state index is 0.219. The zero-order valence-corrected chi connectivity index (χ0v) is 13.8. The molecule has 23 heavy (non-hydrogen) atoms. The van der Waals surface area contributed by atoms with Gasteiger partial charge in [-0.1, -0.05) is 0 Å². The molecule has 0 spiro atoms. The van der Waals surface area contributed by atoms with Gasteiger partial charge in [0.2, 0.25) is 5.91 Å². The van der Waals surface area contributed by atoms with Crippen LogP contribution in [0.4, 0.5) is 0 Å². The topological polar surface area (TPSA) is 63.9 Å². The number of amides is 1. The van der Waals surface area contributed by atoms with E-state index >= 15 is 0 Å². The summed E-state index contributed by atoms with van der Waals surface area (Å²) in [6.07, 6.45) is 8.74. The molecule has 2 aromatic heterocycles. The van der Waals surface area contributed by atoms with Crippen LogP contribution in [-0.2, 0) is 18.3 Å². The second kappa shape index (κ2) is 6.89. The molecular weight excluding hydrogens is 290 g/mol. The Morgan fingerprint density at radius 3 is 3.00 bits per heavy atom. The Morgan fingerprint density at radius 2 is 2.26 bits per heavy atom. The Bertz CT molecular complexity index is 681. The predicted octanol–water partition coefficient (Wildman–Crippen LogP) is 1.86. The molecule has 1 aliphatic heterocycles. The summed E-state index contributed by atoms with van der Waals surface area (Å²) in [6.45, 7) is 3.55. The van der Waals surface area contributed by atoms with Gasteiger partial charge >= 0.3 is 0 Å². The van der Waals surface area contributed by atoms with Crippen LogP contribution in [0.1, 0.15) is 42.3 Å². The number of nitrogens with zero attached hydrogens (tertiary/aromatic N) is 5. The summed E-state index contributed by atoms with van der Waals surface area (Å²) < 4.78 is 1.83. The molecule has 1 amide bonds. The maximum Gasteiger partial charge on any atom is 0.222 e. The molecule has 1 aliphatic rings. The van der Waals surface area contributed by atoms with Crippen molar-refractivity contribution in [3.63, 3.8) is 0 Å². The third kappa shape index (κ3) is 3.75. The zero-order valence-electron chi connectivity index (χ0n) is 13.8. The van der Waals surface area contributed by atoms with Crippen molar-refractivity contribution in [3.8, 4) is 0 Å². The minimum Gasteiger partial charge on any atom is -0.342 e. The molecular formula is C17H23N5O. The van der Waals surface area contributed by atoms with E-state index in [-0.39, 0.29) is 5.91 Å². The Hall–Kier alpha value is -2.24. The quantitative estimate of drug-likeness (QED) is 0.864. The summed E-state index contributed by atoms with van der Waals surface area (Å²) in [7, 11) is 1.91. The van der Waals surface area contributed by atoms with Crippen molar-refractivity contribution in [2.24, 2.45) is 7.05 Å². The van der Waals surface area contributed by atoms with Crippen LogP contribution < -0.4 is 0 Å². The van der Waals surface area contributed by atoms with E-state index in [2.05, 4.69) is 15.1 Å². The van der Waals surface area contributed by atoms with Crippen LogP contribution in [0.2, 0.25) is 0 Å². The molecule has 0 radical (unpaired) electrons. The molecule has 6 nitrogen and oxygen atoms in total. The van der Waals surface area contributed by atoms with E-state index in [1.807, 2.05) is 35.8 Å². The van der Waals surface area contributed by atoms with Gasteiger partial charge in [0, 0.05) is 56.8 Å². The lowest BCUT2D eigenvalue weighted by molar-refractivity contribution is -0.132. The van der Waals surface area contributed by atoms with E-state index in [1.54, 1.807) is 12.4 Å². The van der Waals surface area contributed by atoms with Crippen molar-refractivity contribution in [2.45, 2.75) is 38.5 Å². The van der Waals surface area contributed by atoms with Crippen molar-refractivity contribution >= 4 is 5.91 Å². The highest BCUT2D eigenvalue weighted by atomic mass is 16.2. The van der Waals surface area contributed by atoms with Gasteiger partial charge in [-0.15, -0.1) is 0 Å². The molecule has 122 valence electrons. The maximum absolute atomic E-state index is 12.5. The van der Waals surface area contributed by atoms with Crippen LogP contribution in [-0.4, -0.2) is 43.6 Å². The Labute approximate surface area is 136 Å². The van der Waals surface area contributed by atoms with Crippen molar-refractivity contribution in [1.82, 2.24) is 24.6 Å². The van der Waals surface area contributed by atoms with Gasteiger partial charge in [-0.3, -0.25) is 19.4 Å². The standard InChI is InChI=1S/C17H23N5O/c1-13-10-18-11-16(20-13)14-4-3-9-22(12-14)17(23)6-5-15-7-8-19-21(15)2/h7-8,10-11,14H,3-6,9,12H2,1-2H3. The first kappa shape index (κ1) is 15.6. The lowest BCUT2D eigenvalue weighted by Crippen LogP contribution is -2.39. The van der Waals surface area contributed by atoms with Gasteiger partial charge in [0.15, 0.2) is 0 Å². The van der Waals surface area contributed by atoms with E-state index in [9.17, 15) is 4.79 Å². The molecule has 2 aromatic rings. The number of piperidine rings is 1. The van der Waals surface area contributed by atoms with Crippen LogP contribution >= 0.6 is 0 Å². The van der Waals surface area contributed by atoms with E-state index in [4.69, 9.17) is 0 Å². The highest BCUT2D eigenvalue weighted by molar-refractivity contribution is 5.76. The second-order valence-electron chi connectivity index (χ2n) is 6.21. The monoisotopic (exact) mass is 313 g/mol. The maximum atomic E-state index is 12.5. The summed E-state index contributed by atoms with van der Waals surface area (Å²) in [5.41, 5.74) is 3.03. The van der Waals surface area contributed by atoms with Crippen LogP contribution in [0.25, 0.3) is 0 Å². The molecule has 3 heterocycles. The summed E-state index contributed by atoms with van der Waals surface area (Å²) in [6, 6.07) is 1.97. The minimum absolute atomic E-state index is 0.219. The first-order valence-electron chi connectivity index (χ1n) is 8.16. The number of rotatable bonds is 4. The van der Waals surface area contributed by atoms with Gasteiger partial charge in [-0.05, 0) is 32.3 Å². The molecule has 1 atom stereocenters. The first-order chi connectivity index (χ1) is 11.1. The molecule has 1 unspecified atom stereocenters. The fourth-order valence-electron chi connectivity index (χ4n) is 3.16. The largest absolute Gasteiger partial charge is 0.342 e. The van der Waals surface area contributed by atoms with Crippen molar-refractivity contribution < 1.29 is 4.79 Å². The Balaban J connectivity index is 1.59. The van der Waals surface area contributed by atoms with E-state index < -0.39 is 0 Å². The number of hydrogen-bond donors (Lipinski definition) is 0. The van der Waals surface area contributed by atoms with Crippen LogP contribution in [0.15, 0.2) is 24.7 Å². The molecule has 0 bridgehead atoms. The van der Waals surface area contributed by atoms with Gasteiger partial charge in [0.1, 0.15) is 0 Å². The highest BCUT2D eigenvalue weighted by Crippen LogP contribution is 2.25. The molecule has 0 N–H and O–H groups in total. The second-order valence-corrected chi connectivity index (χ2v) is 6.21. The SMILES string of the molecule is Cc1cncc(C2CCCN(C(=O)CCc3ccnn3C)C2)n1. The first-order valence-corrected chi connectivity index (χ1v) is 8.16. The number of hydrogen-bond acceptors (Lipinski definition) is 4. The van der Waals surface area contributed by atoms with E-state index in [0.717, 1.165) is 49.4 Å². The summed E-state index contributed by atoms with van der Waals surface area (Å²) in [5, 5.41) is 4.14. The van der Waals surface area contributed by atoms with Crippen molar-refractivity contribution in [3.05, 3.63) is 41.7 Å². The van der Waals surface area contributed by atoms with Crippen molar-refractivity contribution in [1.29, 1.82) is 0 Å².